The number of carbonyl (C=O) groups is 2. The van der Waals surface area contributed by atoms with Gasteiger partial charge in [-0.3, -0.25) is 9.59 Å². The van der Waals surface area contributed by atoms with Crippen LogP contribution < -0.4 is 10.2 Å². The monoisotopic (exact) mass is 248 g/mol. The highest BCUT2D eigenvalue weighted by molar-refractivity contribution is 5.90. The molecule has 0 bridgehead atoms. The Labute approximate surface area is 106 Å². The van der Waals surface area contributed by atoms with Gasteiger partial charge in [0.2, 0.25) is 5.91 Å². The molecule has 5 nitrogen and oxygen atoms in total. The first-order valence-electron chi connectivity index (χ1n) is 5.80. The van der Waals surface area contributed by atoms with Crippen LogP contribution in [0.25, 0.3) is 0 Å². The summed E-state index contributed by atoms with van der Waals surface area (Å²) in [6, 6.07) is 7.38. The number of likely N-dealkylation sites (N-methyl/N-ethyl adjacent to an activating group) is 1. The highest BCUT2D eigenvalue weighted by Crippen LogP contribution is 2.31. The fourth-order valence-corrected chi connectivity index (χ4v) is 2.25. The zero-order valence-electron chi connectivity index (χ0n) is 10.5. The minimum Gasteiger partial charge on any atom is -0.468 e. The van der Waals surface area contributed by atoms with E-state index in [1.807, 2.05) is 24.3 Å². The highest BCUT2D eigenvalue weighted by Gasteiger charge is 2.34. The van der Waals surface area contributed by atoms with Gasteiger partial charge in [-0.1, -0.05) is 18.2 Å². The van der Waals surface area contributed by atoms with Gasteiger partial charge in [0.05, 0.1) is 7.11 Å². The Morgan fingerprint density at radius 2 is 2.17 bits per heavy atom. The maximum absolute atomic E-state index is 11.9. The molecule has 2 rings (SSSR count). The highest BCUT2D eigenvalue weighted by atomic mass is 16.5. The van der Waals surface area contributed by atoms with Crippen molar-refractivity contribution in [1.29, 1.82) is 0 Å². The van der Waals surface area contributed by atoms with Crippen LogP contribution in [-0.2, 0) is 20.7 Å². The number of hydrogen-bond acceptors (Lipinski definition) is 4. The van der Waals surface area contributed by atoms with Gasteiger partial charge in [0.25, 0.3) is 0 Å². The molecule has 0 aliphatic carbocycles. The summed E-state index contributed by atoms with van der Waals surface area (Å²) in [6.07, 6.45) is 0.618. The first-order valence-corrected chi connectivity index (χ1v) is 5.80. The minimum atomic E-state index is -0.347. The van der Waals surface area contributed by atoms with Crippen LogP contribution in [0.3, 0.4) is 0 Å². The number of ether oxygens (including phenoxy) is 1. The van der Waals surface area contributed by atoms with Gasteiger partial charge in [-0.2, -0.15) is 0 Å². The molecule has 0 fully saturated rings. The number of fused-ring (bicyclic) bond motifs is 1. The van der Waals surface area contributed by atoms with Crippen molar-refractivity contribution in [3.63, 3.8) is 0 Å². The van der Waals surface area contributed by atoms with Gasteiger partial charge in [-0.05, 0) is 11.6 Å². The third-order valence-electron chi connectivity index (χ3n) is 3.17. The van der Waals surface area contributed by atoms with E-state index < -0.39 is 0 Å². The van der Waals surface area contributed by atoms with Crippen LogP contribution in [0, 0.1) is 0 Å². The average Bonchev–Trinajstić information content (AvgIpc) is 2.77. The SMILES string of the molecule is CNC(=O)[C@@H]1Cc2ccccc2N1CC(=O)OC. The quantitative estimate of drug-likeness (QED) is 0.783. The van der Waals surface area contributed by atoms with E-state index in [0.717, 1.165) is 11.3 Å². The molecule has 0 unspecified atom stereocenters. The number of carbonyl (C=O) groups excluding carboxylic acids is 2. The van der Waals surface area contributed by atoms with Crippen molar-refractivity contribution in [2.75, 3.05) is 25.6 Å². The smallest absolute Gasteiger partial charge is 0.325 e. The van der Waals surface area contributed by atoms with E-state index in [-0.39, 0.29) is 24.5 Å². The van der Waals surface area contributed by atoms with Crippen molar-refractivity contribution < 1.29 is 14.3 Å². The van der Waals surface area contributed by atoms with Gasteiger partial charge in [0.15, 0.2) is 0 Å². The predicted octanol–water partition coefficient (Wildman–Crippen LogP) is 0.337. The molecule has 0 radical (unpaired) electrons. The van der Waals surface area contributed by atoms with Crippen molar-refractivity contribution in [1.82, 2.24) is 5.32 Å². The van der Waals surface area contributed by atoms with Crippen LogP contribution in [0.1, 0.15) is 5.56 Å². The predicted molar refractivity (Wildman–Crippen MR) is 67.4 cm³/mol. The number of benzene rings is 1. The maximum atomic E-state index is 11.9. The van der Waals surface area contributed by atoms with Crippen molar-refractivity contribution >= 4 is 17.6 Å². The molecule has 0 saturated heterocycles. The zero-order chi connectivity index (χ0) is 13.1. The summed E-state index contributed by atoms with van der Waals surface area (Å²) < 4.78 is 4.68. The summed E-state index contributed by atoms with van der Waals surface area (Å²) in [7, 11) is 2.95. The van der Waals surface area contributed by atoms with Crippen molar-refractivity contribution in [3.05, 3.63) is 29.8 Å². The lowest BCUT2D eigenvalue weighted by Gasteiger charge is -2.24. The molecule has 1 aliphatic rings. The van der Waals surface area contributed by atoms with Crippen LogP contribution in [0.5, 0.6) is 0 Å². The van der Waals surface area contributed by atoms with Crippen LogP contribution in [-0.4, -0.2) is 38.6 Å². The number of nitrogens with one attached hydrogen (secondary N) is 1. The number of hydrogen-bond donors (Lipinski definition) is 1. The van der Waals surface area contributed by atoms with E-state index in [0.29, 0.717) is 6.42 Å². The van der Waals surface area contributed by atoms with Crippen LogP contribution in [0.4, 0.5) is 5.69 Å². The molecule has 1 aromatic carbocycles. The lowest BCUT2D eigenvalue weighted by molar-refractivity contribution is -0.139. The lowest BCUT2D eigenvalue weighted by Crippen LogP contribution is -2.46. The largest absolute Gasteiger partial charge is 0.468 e. The standard InChI is InChI=1S/C13H16N2O3/c1-14-13(17)11-7-9-5-3-4-6-10(9)15(11)8-12(16)18-2/h3-6,11H,7-8H2,1-2H3,(H,14,17)/t11-/m0/s1. The second kappa shape index (κ2) is 5.08. The molecule has 1 amide bonds. The number of rotatable bonds is 3. The Kier molecular flexibility index (Phi) is 3.50. The maximum Gasteiger partial charge on any atom is 0.325 e. The van der Waals surface area contributed by atoms with E-state index in [2.05, 4.69) is 10.1 Å². The summed E-state index contributed by atoms with van der Waals surface area (Å²) in [5, 5.41) is 2.63. The Hall–Kier alpha value is -2.04. The first-order chi connectivity index (χ1) is 8.67. The van der Waals surface area contributed by atoms with Crippen LogP contribution in [0.15, 0.2) is 24.3 Å². The van der Waals surface area contributed by atoms with E-state index in [1.165, 1.54) is 7.11 Å². The molecular formula is C13H16N2O3. The Morgan fingerprint density at radius 1 is 1.44 bits per heavy atom. The molecule has 0 saturated carbocycles. The summed E-state index contributed by atoms with van der Waals surface area (Å²) in [5.41, 5.74) is 2.01. The minimum absolute atomic E-state index is 0.0879. The normalized spacial score (nSPS) is 17.2. The molecule has 96 valence electrons. The van der Waals surface area contributed by atoms with E-state index in [9.17, 15) is 9.59 Å². The molecular weight excluding hydrogens is 232 g/mol. The molecule has 1 atom stereocenters. The molecule has 18 heavy (non-hydrogen) atoms. The fourth-order valence-electron chi connectivity index (χ4n) is 2.25. The molecule has 0 spiro atoms. The molecule has 1 aliphatic heterocycles. The van der Waals surface area contributed by atoms with Crippen LogP contribution >= 0.6 is 0 Å². The average molecular weight is 248 g/mol. The van der Waals surface area contributed by atoms with Gasteiger partial charge >= 0.3 is 5.97 Å². The summed E-state index contributed by atoms with van der Waals surface area (Å²) >= 11 is 0. The van der Waals surface area contributed by atoms with Gasteiger partial charge in [-0.15, -0.1) is 0 Å². The number of esters is 1. The number of anilines is 1. The number of para-hydroxylation sites is 1. The Morgan fingerprint density at radius 3 is 2.83 bits per heavy atom. The summed E-state index contributed by atoms with van der Waals surface area (Å²) in [6.45, 7) is 0.0889. The van der Waals surface area contributed by atoms with Crippen molar-refractivity contribution in [2.45, 2.75) is 12.5 Å². The zero-order valence-corrected chi connectivity index (χ0v) is 10.5. The second-order valence-electron chi connectivity index (χ2n) is 4.17. The molecule has 1 aromatic rings. The number of nitrogens with zero attached hydrogens (tertiary/aromatic N) is 1. The van der Waals surface area contributed by atoms with Crippen molar-refractivity contribution in [3.8, 4) is 0 Å². The number of methoxy groups -OCH3 is 1. The van der Waals surface area contributed by atoms with Gasteiger partial charge in [-0.25, -0.2) is 0 Å². The van der Waals surface area contributed by atoms with Crippen molar-refractivity contribution in [2.24, 2.45) is 0 Å². The van der Waals surface area contributed by atoms with Gasteiger partial charge < -0.3 is 15.0 Å². The molecule has 5 heteroatoms. The topological polar surface area (TPSA) is 58.6 Å². The third-order valence-corrected chi connectivity index (χ3v) is 3.17. The molecule has 0 aromatic heterocycles. The second-order valence-corrected chi connectivity index (χ2v) is 4.17. The molecule has 1 heterocycles. The Balaban J connectivity index is 2.29. The Bertz CT molecular complexity index is 473. The first kappa shape index (κ1) is 12.4. The van der Waals surface area contributed by atoms with E-state index in [4.69, 9.17) is 0 Å². The summed E-state index contributed by atoms with van der Waals surface area (Å²) in [4.78, 5) is 25.1. The summed E-state index contributed by atoms with van der Waals surface area (Å²) in [5.74, 6) is -0.435. The van der Waals surface area contributed by atoms with E-state index >= 15 is 0 Å². The van der Waals surface area contributed by atoms with Gasteiger partial charge in [0, 0.05) is 19.2 Å². The molecule has 1 N–H and O–H groups in total. The fraction of sp³-hybridized carbons (Fsp3) is 0.385. The third kappa shape index (κ3) is 2.16. The number of amides is 1. The van der Waals surface area contributed by atoms with Crippen LogP contribution in [0.2, 0.25) is 0 Å². The lowest BCUT2D eigenvalue weighted by atomic mass is 10.1. The van der Waals surface area contributed by atoms with Gasteiger partial charge in [0.1, 0.15) is 12.6 Å². The van der Waals surface area contributed by atoms with E-state index in [1.54, 1.807) is 11.9 Å².